The Labute approximate surface area is 103 Å². The monoisotopic (exact) mass is 250 g/mol. The number of hydrogen-bond donors (Lipinski definition) is 2. The first kappa shape index (κ1) is 12.2. The van der Waals surface area contributed by atoms with Crippen LogP contribution >= 0.6 is 0 Å². The molecule has 6 heteroatoms. The topological polar surface area (TPSA) is 86.5 Å². The maximum Gasteiger partial charge on any atom is 0.417 e. The quantitative estimate of drug-likeness (QED) is 0.857. The molecule has 0 fully saturated rings. The molecule has 0 aliphatic rings. The van der Waals surface area contributed by atoms with Gasteiger partial charge in [-0.3, -0.25) is 9.78 Å². The molecular weight excluding hydrogens is 236 g/mol. The van der Waals surface area contributed by atoms with Crippen LogP contribution in [-0.2, 0) is 4.79 Å². The van der Waals surface area contributed by atoms with Crippen molar-refractivity contribution < 1.29 is 14.3 Å². The molecule has 1 unspecified atom stereocenters. The van der Waals surface area contributed by atoms with Crippen LogP contribution in [0.4, 0.5) is 5.69 Å². The van der Waals surface area contributed by atoms with Crippen LogP contribution in [0.15, 0.2) is 27.4 Å². The first-order chi connectivity index (χ1) is 8.47. The van der Waals surface area contributed by atoms with Gasteiger partial charge in [-0.2, -0.15) is 0 Å². The van der Waals surface area contributed by atoms with Crippen molar-refractivity contribution in [2.24, 2.45) is 0 Å². The molecular formula is C12H14N2O4. The number of aliphatic carboxylic acids is 1. The van der Waals surface area contributed by atoms with E-state index in [2.05, 4.69) is 4.98 Å². The maximum atomic E-state index is 11.0. The number of fused-ring (bicyclic) bond motifs is 1. The number of rotatable bonds is 4. The number of aromatic nitrogens is 1. The van der Waals surface area contributed by atoms with Crippen LogP contribution in [0.25, 0.3) is 11.1 Å². The SMILES string of the molecule is CC(CC(=O)O)N(C)c1ccc2oc(=O)[nH]c2c1. The molecule has 0 aliphatic carbocycles. The van der Waals surface area contributed by atoms with Crippen LogP contribution in [-0.4, -0.2) is 29.1 Å². The predicted molar refractivity (Wildman–Crippen MR) is 67.0 cm³/mol. The highest BCUT2D eigenvalue weighted by Gasteiger charge is 2.14. The smallest absolute Gasteiger partial charge is 0.417 e. The zero-order chi connectivity index (χ0) is 13.3. The third-order valence-electron chi connectivity index (χ3n) is 2.94. The molecule has 1 aromatic heterocycles. The van der Waals surface area contributed by atoms with Gasteiger partial charge in [0, 0.05) is 18.8 Å². The minimum absolute atomic E-state index is 0.0520. The van der Waals surface area contributed by atoms with Gasteiger partial charge in [0.05, 0.1) is 11.9 Å². The van der Waals surface area contributed by atoms with E-state index in [-0.39, 0.29) is 12.5 Å². The average Bonchev–Trinajstić information content (AvgIpc) is 2.65. The number of nitrogens with one attached hydrogen (secondary N) is 1. The van der Waals surface area contributed by atoms with Gasteiger partial charge in [0.2, 0.25) is 0 Å². The highest BCUT2D eigenvalue weighted by molar-refractivity contribution is 5.77. The Hall–Kier alpha value is -2.24. The van der Waals surface area contributed by atoms with Gasteiger partial charge in [-0.25, -0.2) is 4.79 Å². The van der Waals surface area contributed by atoms with Crippen molar-refractivity contribution in [3.05, 3.63) is 28.7 Å². The lowest BCUT2D eigenvalue weighted by Crippen LogP contribution is -2.30. The molecule has 0 saturated heterocycles. The number of benzene rings is 1. The number of anilines is 1. The molecule has 0 bridgehead atoms. The van der Waals surface area contributed by atoms with Crippen molar-refractivity contribution in [3.63, 3.8) is 0 Å². The second kappa shape index (κ2) is 4.56. The number of carbonyl (C=O) groups is 1. The lowest BCUT2D eigenvalue weighted by Gasteiger charge is -2.25. The van der Waals surface area contributed by atoms with Crippen LogP contribution in [0.5, 0.6) is 0 Å². The fraction of sp³-hybridized carbons (Fsp3) is 0.333. The van der Waals surface area contributed by atoms with E-state index in [0.717, 1.165) is 5.69 Å². The highest BCUT2D eigenvalue weighted by atomic mass is 16.4. The number of carboxylic acid groups (broad SMARTS) is 1. The Morgan fingerprint density at radius 2 is 2.28 bits per heavy atom. The van der Waals surface area contributed by atoms with E-state index in [1.54, 1.807) is 18.2 Å². The molecule has 0 spiro atoms. The van der Waals surface area contributed by atoms with E-state index < -0.39 is 11.7 Å². The van der Waals surface area contributed by atoms with E-state index in [1.807, 2.05) is 18.9 Å². The molecule has 6 nitrogen and oxygen atoms in total. The summed E-state index contributed by atoms with van der Waals surface area (Å²) in [6.45, 7) is 1.83. The number of H-pyrrole nitrogens is 1. The Balaban J connectivity index is 2.29. The summed E-state index contributed by atoms with van der Waals surface area (Å²) in [4.78, 5) is 26.1. The number of nitrogens with zero attached hydrogens (tertiary/aromatic N) is 1. The number of oxazole rings is 1. The van der Waals surface area contributed by atoms with Gasteiger partial charge in [0.25, 0.3) is 0 Å². The number of carboxylic acids is 1. The van der Waals surface area contributed by atoms with Crippen molar-refractivity contribution >= 4 is 22.8 Å². The highest BCUT2D eigenvalue weighted by Crippen LogP contribution is 2.21. The van der Waals surface area contributed by atoms with Gasteiger partial charge in [0.15, 0.2) is 5.58 Å². The largest absolute Gasteiger partial charge is 0.481 e. The van der Waals surface area contributed by atoms with E-state index in [4.69, 9.17) is 9.52 Å². The molecule has 1 aromatic carbocycles. The molecule has 18 heavy (non-hydrogen) atoms. The third kappa shape index (κ3) is 2.37. The van der Waals surface area contributed by atoms with Gasteiger partial charge in [0.1, 0.15) is 0 Å². The summed E-state index contributed by atoms with van der Waals surface area (Å²) < 4.78 is 4.90. The Bertz CT molecular complexity index is 628. The molecule has 0 aliphatic heterocycles. The molecule has 1 heterocycles. The predicted octanol–water partition coefficient (Wildman–Crippen LogP) is 1.42. The summed E-state index contributed by atoms with van der Waals surface area (Å²) in [5.41, 5.74) is 1.92. The van der Waals surface area contributed by atoms with Gasteiger partial charge >= 0.3 is 11.7 Å². The molecule has 0 amide bonds. The van der Waals surface area contributed by atoms with E-state index in [9.17, 15) is 9.59 Å². The summed E-state index contributed by atoms with van der Waals surface area (Å²) in [5, 5.41) is 8.77. The standard InChI is InChI=1S/C12H14N2O4/c1-7(5-11(15)16)14(2)8-3-4-10-9(6-8)13-12(17)18-10/h3-4,6-7H,5H2,1-2H3,(H,13,17)(H,15,16). The molecule has 2 rings (SSSR count). The lowest BCUT2D eigenvalue weighted by molar-refractivity contribution is -0.137. The summed E-state index contributed by atoms with van der Waals surface area (Å²) in [7, 11) is 1.81. The summed E-state index contributed by atoms with van der Waals surface area (Å²) in [6, 6.07) is 5.10. The van der Waals surface area contributed by atoms with Gasteiger partial charge in [-0.1, -0.05) is 0 Å². The van der Waals surface area contributed by atoms with Crippen molar-refractivity contribution in [2.45, 2.75) is 19.4 Å². The van der Waals surface area contributed by atoms with Crippen LogP contribution in [0.3, 0.4) is 0 Å². The van der Waals surface area contributed by atoms with Crippen LogP contribution in [0.2, 0.25) is 0 Å². The van der Waals surface area contributed by atoms with Crippen LogP contribution < -0.4 is 10.7 Å². The minimum atomic E-state index is -0.841. The van der Waals surface area contributed by atoms with Crippen molar-refractivity contribution in [1.29, 1.82) is 0 Å². The fourth-order valence-corrected chi connectivity index (χ4v) is 1.80. The zero-order valence-corrected chi connectivity index (χ0v) is 10.1. The van der Waals surface area contributed by atoms with E-state index in [1.165, 1.54) is 0 Å². The number of aromatic amines is 1. The molecule has 2 aromatic rings. The minimum Gasteiger partial charge on any atom is -0.481 e. The second-order valence-electron chi connectivity index (χ2n) is 4.25. The Kier molecular flexibility index (Phi) is 3.10. The van der Waals surface area contributed by atoms with Crippen molar-refractivity contribution in [1.82, 2.24) is 4.98 Å². The summed E-state index contributed by atoms with van der Waals surface area (Å²) in [5.74, 6) is -1.34. The Morgan fingerprint density at radius 1 is 1.56 bits per heavy atom. The molecule has 0 saturated carbocycles. The average molecular weight is 250 g/mol. The summed E-state index contributed by atoms with van der Waals surface area (Å²) in [6.07, 6.45) is 0.0520. The number of hydrogen-bond acceptors (Lipinski definition) is 4. The normalized spacial score (nSPS) is 12.6. The van der Waals surface area contributed by atoms with Crippen LogP contribution in [0.1, 0.15) is 13.3 Å². The summed E-state index contributed by atoms with van der Waals surface area (Å²) >= 11 is 0. The van der Waals surface area contributed by atoms with Crippen molar-refractivity contribution in [2.75, 3.05) is 11.9 Å². The lowest BCUT2D eigenvalue weighted by atomic mass is 10.2. The zero-order valence-electron chi connectivity index (χ0n) is 10.1. The van der Waals surface area contributed by atoms with Gasteiger partial charge in [-0.15, -0.1) is 0 Å². The maximum absolute atomic E-state index is 11.0. The molecule has 0 radical (unpaired) electrons. The fourth-order valence-electron chi connectivity index (χ4n) is 1.80. The van der Waals surface area contributed by atoms with Gasteiger partial charge in [-0.05, 0) is 25.1 Å². The first-order valence-electron chi connectivity index (χ1n) is 5.55. The second-order valence-corrected chi connectivity index (χ2v) is 4.25. The van der Waals surface area contributed by atoms with Crippen LogP contribution in [0, 0.1) is 0 Å². The van der Waals surface area contributed by atoms with E-state index in [0.29, 0.717) is 11.1 Å². The van der Waals surface area contributed by atoms with E-state index >= 15 is 0 Å². The molecule has 1 atom stereocenters. The van der Waals surface area contributed by atoms with Crippen molar-refractivity contribution in [3.8, 4) is 0 Å². The first-order valence-corrected chi connectivity index (χ1v) is 5.55. The van der Waals surface area contributed by atoms with Gasteiger partial charge < -0.3 is 14.4 Å². The molecule has 96 valence electrons. The molecule has 2 N–H and O–H groups in total. The Morgan fingerprint density at radius 3 is 2.94 bits per heavy atom. The third-order valence-corrected chi connectivity index (χ3v) is 2.94.